The molecule has 2 aliphatic heterocycles. The number of hydrogen-bond donors (Lipinski definition) is 2. The third kappa shape index (κ3) is 4.20. The normalized spacial score (nSPS) is 21.7. The van der Waals surface area contributed by atoms with Crippen LogP contribution >= 0.6 is 11.6 Å². The molecule has 9 nitrogen and oxygen atoms in total. The third-order valence-electron chi connectivity index (χ3n) is 6.07. The molecule has 0 spiro atoms. The van der Waals surface area contributed by atoms with E-state index in [0.29, 0.717) is 17.1 Å². The van der Waals surface area contributed by atoms with Gasteiger partial charge in [-0.05, 0) is 48.9 Å². The molecule has 3 aliphatic rings. The number of nitriles is 1. The predicted octanol–water partition coefficient (Wildman–Crippen LogP) is 2.88. The van der Waals surface area contributed by atoms with Crippen LogP contribution in [0.3, 0.4) is 0 Å². The molecule has 1 saturated heterocycles. The number of urea groups is 1. The highest BCUT2D eigenvalue weighted by Gasteiger charge is 2.34. The summed E-state index contributed by atoms with van der Waals surface area (Å²) in [6.07, 6.45) is 9.88. The first-order valence-electron chi connectivity index (χ1n) is 10.7. The summed E-state index contributed by atoms with van der Waals surface area (Å²) in [5.74, 6) is 0.996. The van der Waals surface area contributed by atoms with Crippen LogP contribution in [0.4, 0.5) is 10.7 Å². The number of carbonyl (C=O) groups is 1. The van der Waals surface area contributed by atoms with Gasteiger partial charge >= 0.3 is 6.03 Å². The number of hydrazine groups is 2. The Morgan fingerprint density at radius 1 is 1.25 bits per heavy atom. The van der Waals surface area contributed by atoms with E-state index >= 15 is 0 Å². The van der Waals surface area contributed by atoms with E-state index in [1.165, 1.54) is 11.4 Å². The van der Waals surface area contributed by atoms with Crippen LogP contribution in [-0.2, 0) is 6.54 Å². The number of hydrogen-bond acceptors (Lipinski definition) is 7. The fourth-order valence-corrected chi connectivity index (χ4v) is 4.25. The second-order valence-electron chi connectivity index (χ2n) is 8.29. The van der Waals surface area contributed by atoms with Gasteiger partial charge < -0.3 is 10.2 Å². The van der Waals surface area contributed by atoms with Gasteiger partial charge in [0.05, 0.1) is 18.2 Å². The molecular formula is C22H23ClN8O. The van der Waals surface area contributed by atoms with Crippen molar-refractivity contribution >= 4 is 23.6 Å². The topological polar surface area (TPSA) is 100 Å². The van der Waals surface area contributed by atoms with Crippen molar-refractivity contribution in [2.75, 3.05) is 18.0 Å². The van der Waals surface area contributed by atoms with Crippen molar-refractivity contribution in [3.63, 3.8) is 0 Å². The molecule has 32 heavy (non-hydrogen) atoms. The van der Waals surface area contributed by atoms with Crippen molar-refractivity contribution in [3.05, 3.63) is 64.7 Å². The largest absolute Gasteiger partial charge is 0.341 e. The van der Waals surface area contributed by atoms with Gasteiger partial charge in [-0.15, -0.1) is 5.53 Å². The van der Waals surface area contributed by atoms with Gasteiger partial charge in [-0.25, -0.2) is 19.8 Å². The Balaban J connectivity index is 1.09. The first-order valence-corrected chi connectivity index (χ1v) is 11.0. The Bertz CT molecular complexity index is 1070. The van der Waals surface area contributed by atoms with Crippen LogP contribution in [-0.4, -0.2) is 45.1 Å². The average Bonchev–Trinajstić information content (AvgIpc) is 3.19. The number of carbonyl (C=O) groups excluding carboxylic acids is 1. The summed E-state index contributed by atoms with van der Waals surface area (Å²) in [5.41, 5.74) is 5.59. The maximum absolute atomic E-state index is 12.6. The first-order chi connectivity index (χ1) is 15.6. The van der Waals surface area contributed by atoms with E-state index in [1.54, 1.807) is 29.5 Å². The Morgan fingerprint density at radius 2 is 2.03 bits per heavy atom. The van der Waals surface area contributed by atoms with Crippen molar-refractivity contribution in [2.45, 2.75) is 37.8 Å². The maximum Gasteiger partial charge on any atom is 0.337 e. The van der Waals surface area contributed by atoms with E-state index in [9.17, 15) is 10.1 Å². The minimum absolute atomic E-state index is 0.0599. The van der Waals surface area contributed by atoms with Gasteiger partial charge in [0.15, 0.2) is 0 Å². The van der Waals surface area contributed by atoms with E-state index in [-0.39, 0.29) is 18.0 Å². The molecule has 0 bridgehead atoms. The minimum atomic E-state index is -0.219. The van der Waals surface area contributed by atoms with Gasteiger partial charge in [0, 0.05) is 54.5 Å². The quantitative estimate of drug-likeness (QED) is 0.722. The Kier molecular flexibility index (Phi) is 5.55. The Morgan fingerprint density at radius 3 is 2.72 bits per heavy atom. The molecule has 0 atom stereocenters. The standard InChI is InChI=1S/C22H23ClN8O/c23-18-3-2-16(11-24)20(10-18)17-8-19(9-17)27-22(32)31-7-6-30(28-31)14-15-12-25-21(26-13-15)29-4-1-5-29/h2-3,6-7,10,12-13,17,19,28H,1,4-5,8-9,14H2,(H,27,32). The Hall–Kier alpha value is -3.35. The van der Waals surface area contributed by atoms with Crippen LogP contribution < -0.4 is 15.8 Å². The number of rotatable bonds is 5. The van der Waals surface area contributed by atoms with Gasteiger partial charge in [0.2, 0.25) is 5.95 Å². The van der Waals surface area contributed by atoms with Crippen molar-refractivity contribution < 1.29 is 4.79 Å². The van der Waals surface area contributed by atoms with Crippen LogP contribution in [0.15, 0.2) is 43.0 Å². The van der Waals surface area contributed by atoms with Crippen molar-refractivity contribution in [3.8, 4) is 6.07 Å². The summed E-state index contributed by atoms with van der Waals surface area (Å²) in [6, 6.07) is 7.39. The van der Waals surface area contributed by atoms with E-state index in [4.69, 9.17) is 11.6 Å². The lowest BCUT2D eigenvalue weighted by Crippen LogP contribution is -2.52. The molecule has 1 aliphatic carbocycles. The maximum atomic E-state index is 12.6. The summed E-state index contributed by atoms with van der Waals surface area (Å²) >= 11 is 6.09. The average molecular weight is 451 g/mol. The molecule has 3 heterocycles. The lowest BCUT2D eigenvalue weighted by molar-refractivity contribution is 0.131. The van der Waals surface area contributed by atoms with Crippen LogP contribution in [0.25, 0.3) is 0 Å². The summed E-state index contributed by atoms with van der Waals surface area (Å²) in [4.78, 5) is 23.6. The molecule has 2 fully saturated rings. The molecule has 2 N–H and O–H groups in total. The second kappa shape index (κ2) is 8.65. The summed E-state index contributed by atoms with van der Waals surface area (Å²) in [5, 5.41) is 16.2. The highest BCUT2D eigenvalue weighted by molar-refractivity contribution is 6.30. The zero-order valence-corrected chi connectivity index (χ0v) is 18.2. The summed E-state index contributed by atoms with van der Waals surface area (Å²) < 4.78 is 0. The lowest BCUT2D eigenvalue weighted by Gasteiger charge is -2.37. The molecule has 2 amide bonds. The smallest absolute Gasteiger partial charge is 0.337 e. The molecule has 0 radical (unpaired) electrons. The predicted molar refractivity (Wildman–Crippen MR) is 119 cm³/mol. The van der Waals surface area contributed by atoms with Gasteiger partial charge in [-0.2, -0.15) is 5.26 Å². The second-order valence-corrected chi connectivity index (χ2v) is 8.72. The highest BCUT2D eigenvalue weighted by Crippen LogP contribution is 2.39. The number of amides is 2. The van der Waals surface area contributed by atoms with E-state index < -0.39 is 0 Å². The number of nitrogens with one attached hydrogen (secondary N) is 2. The number of halogens is 1. The number of anilines is 1. The molecule has 5 rings (SSSR count). The van der Waals surface area contributed by atoms with Crippen molar-refractivity contribution in [2.24, 2.45) is 0 Å². The molecular weight excluding hydrogens is 428 g/mol. The van der Waals surface area contributed by atoms with Gasteiger partial charge in [-0.3, -0.25) is 5.01 Å². The van der Waals surface area contributed by atoms with Crippen LogP contribution in [0.2, 0.25) is 5.02 Å². The number of benzene rings is 1. The zero-order chi connectivity index (χ0) is 22.1. The van der Waals surface area contributed by atoms with Gasteiger partial charge in [0.25, 0.3) is 0 Å². The van der Waals surface area contributed by atoms with E-state index in [2.05, 4.69) is 31.8 Å². The van der Waals surface area contributed by atoms with Crippen molar-refractivity contribution in [1.29, 1.82) is 5.26 Å². The van der Waals surface area contributed by atoms with Crippen molar-refractivity contribution in [1.82, 2.24) is 30.8 Å². The summed E-state index contributed by atoms with van der Waals surface area (Å²) in [6.45, 7) is 2.57. The molecule has 0 unspecified atom stereocenters. The molecule has 1 aromatic carbocycles. The first kappa shape index (κ1) is 20.5. The highest BCUT2D eigenvalue weighted by atomic mass is 35.5. The third-order valence-corrected chi connectivity index (χ3v) is 6.31. The molecule has 2 aromatic rings. The minimum Gasteiger partial charge on any atom is -0.341 e. The fourth-order valence-electron chi connectivity index (χ4n) is 4.07. The zero-order valence-electron chi connectivity index (χ0n) is 17.4. The number of aromatic nitrogens is 2. The van der Waals surface area contributed by atoms with E-state index in [0.717, 1.165) is 43.0 Å². The molecule has 10 heteroatoms. The fraction of sp³-hybridized carbons (Fsp3) is 0.364. The summed E-state index contributed by atoms with van der Waals surface area (Å²) in [7, 11) is 0. The van der Waals surface area contributed by atoms with Crippen LogP contribution in [0.1, 0.15) is 41.9 Å². The van der Waals surface area contributed by atoms with Crippen LogP contribution in [0.5, 0.6) is 0 Å². The molecule has 1 aromatic heterocycles. The van der Waals surface area contributed by atoms with E-state index in [1.807, 2.05) is 18.5 Å². The molecule has 1 saturated carbocycles. The van der Waals surface area contributed by atoms with Gasteiger partial charge in [0.1, 0.15) is 0 Å². The van der Waals surface area contributed by atoms with Crippen LogP contribution in [0, 0.1) is 11.3 Å². The SMILES string of the molecule is N#Cc1ccc(Cl)cc1C1CC(NC(=O)N2C=CN(Cc3cnc(N4CCC4)nc3)N2)C1. The van der Waals surface area contributed by atoms with Gasteiger partial charge in [-0.1, -0.05) is 11.6 Å². The Labute approximate surface area is 191 Å². The number of nitrogens with zero attached hydrogens (tertiary/aromatic N) is 6. The monoisotopic (exact) mass is 450 g/mol. The lowest BCUT2D eigenvalue weighted by atomic mass is 9.74. The molecule has 164 valence electrons.